The average molecular weight is 191 g/mol. The molecular formula is C11H13NS. The lowest BCUT2D eigenvalue weighted by molar-refractivity contribution is 1.14. The van der Waals surface area contributed by atoms with Crippen molar-refractivity contribution in [2.24, 2.45) is 0 Å². The molecule has 0 N–H and O–H groups in total. The van der Waals surface area contributed by atoms with Crippen LogP contribution >= 0.6 is 11.3 Å². The molecule has 68 valence electrons. The maximum Gasteiger partial charge on any atom is 0.0368 e. The van der Waals surface area contributed by atoms with Crippen LogP contribution in [-0.2, 0) is 0 Å². The van der Waals surface area contributed by atoms with Gasteiger partial charge in [0.2, 0.25) is 0 Å². The van der Waals surface area contributed by atoms with Crippen LogP contribution in [0.3, 0.4) is 0 Å². The second kappa shape index (κ2) is 3.04. The van der Waals surface area contributed by atoms with Crippen molar-refractivity contribution in [1.82, 2.24) is 0 Å². The van der Waals surface area contributed by atoms with E-state index in [9.17, 15) is 0 Å². The number of hydrogen-bond acceptors (Lipinski definition) is 2. The minimum Gasteiger partial charge on any atom is -0.378 e. The van der Waals surface area contributed by atoms with Crippen LogP contribution in [0.2, 0.25) is 0 Å². The highest BCUT2D eigenvalue weighted by atomic mass is 32.1. The fraction of sp³-hybridized carbons (Fsp3) is 0.273. The van der Waals surface area contributed by atoms with Gasteiger partial charge >= 0.3 is 0 Å². The summed E-state index contributed by atoms with van der Waals surface area (Å²) in [5.41, 5.74) is 1.27. The van der Waals surface area contributed by atoms with Crippen LogP contribution in [-0.4, -0.2) is 14.1 Å². The van der Waals surface area contributed by atoms with E-state index in [1.165, 1.54) is 20.7 Å². The third kappa shape index (κ3) is 1.54. The summed E-state index contributed by atoms with van der Waals surface area (Å²) in [6, 6.07) is 8.84. The van der Waals surface area contributed by atoms with E-state index in [1.54, 1.807) is 0 Å². The van der Waals surface area contributed by atoms with E-state index in [0.717, 1.165) is 0 Å². The fourth-order valence-corrected chi connectivity index (χ4v) is 2.35. The van der Waals surface area contributed by atoms with Gasteiger partial charge in [-0.1, -0.05) is 0 Å². The number of nitrogens with zero attached hydrogens (tertiary/aromatic N) is 1. The number of benzene rings is 1. The molecule has 0 saturated heterocycles. The van der Waals surface area contributed by atoms with Crippen LogP contribution in [0.15, 0.2) is 24.3 Å². The van der Waals surface area contributed by atoms with Gasteiger partial charge in [0.1, 0.15) is 0 Å². The third-order valence-electron chi connectivity index (χ3n) is 2.14. The van der Waals surface area contributed by atoms with Gasteiger partial charge in [0.15, 0.2) is 0 Å². The van der Waals surface area contributed by atoms with Crippen LogP contribution < -0.4 is 4.90 Å². The zero-order chi connectivity index (χ0) is 9.42. The minimum absolute atomic E-state index is 1.27. The van der Waals surface area contributed by atoms with Gasteiger partial charge in [-0.2, -0.15) is 0 Å². The van der Waals surface area contributed by atoms with E-state index in [4.69, 9.17) is 0 Å². The molecule has 0 spiro atoms. The van der Waals surface area contributed by atoms with Crippen molar-refractivity contribution in [3.05, 3.63) is 29.1 Å². The van der Waals surface area contributed by atoms with Crippen LogP contribution in [0, 0.1) is 6.92 Å². The van der Waals surface area contributed by atoms with E-state index < -0.39 is 0 Å². The molecule has 0 unspecified atom stereocenters. The minimum atomic E-state index is 1.27. The molecule has 0 fully saturated rings. The molecule has 13 heavy (non-hydrogen) atoms. The molecule has 0 radical (unpaired) electrons. The molecule has 2 aromatic rings. The van der Waals surface area contributed by atoms with E-state index in [1.807, 2.05) is 11.3 Å². The van der Waals surface area contributed by atoms with Crippen molar-refractivity contribution in [3.63, 3.8) is 0 Å². The van der Waals surface area contributed by atoms with Crippen molar-refractivity contribution in [3.8, 4) is 0 Å². The molecule has 0 atom stereocenters. The Kier molecular flexibility index (Phi) is 2.00. The second-order valence-corrected chi connectivity index (χ2v) is 4.76. The molecule has 0 bridgehead atoms. The number of rotatable bonds is 1. The van der Waals surface area contributed by atoms with E-state index in [0.29, 0.717) is 0 Å². The second-order valence-electron chi connectivity index (χ2n) is 3.47. The van der Waals surface area contributed by atoms with Gasteiger partial charge in [0.05, 0.1) is 0 Å². The van der Waals surface area contributed by atoms with Gasteiger partial charge in [0, 0.05) is 29.4 Å². The van der Waals surface area contributed by atoms with Crippen LogP contribution in [0.4, 0.5) is 5.69 Å². The van der Waals surface area contributed by atoms with Gasteiger partial charge in [-0.05, 0) is 36.6 Å². The maximum absolute atomic E-state index is 2.24. The molecule has 0 aliphatic heterocycles. The Hall–Kier alpha value is -1.02. The van der Waals surface area contributed by atoms with Gasteiger partial charge in [0.25, 0.3) is 0 Å². The number of fused-ring (bicyclic) bond motifs is 1. The summed E-state index contributed by atoms with van der Waals surface area (Å²) in [6.07, 6.45) is 0. The van der Waals surface area contributed by atoms with Crippen LogP contribution in [0.5, 0.6) is 0 Å². The first-order chi connectivity index (χ1) is 6.16. The molecule has 2 heteroatoms. The zero-order valence-corrected chi connectivity index (χ0v) is 8.98. The molecule has 1 aromatic carbocycles. The Morgan fingerprint density at radius 3 is 2.62 bits per heavy atom. The van der Waals surface area contributed by atoms with Crippen molar-refractivity contribution in [2.45, 2.75) is 6.92 Å². The summed E-state index contributed by atoms with van der Waals surface area (Å²) in [5, 5.41) is 1.36. The summed E-state index contributed by atoms with van der Waals surface area (Å²) in [4.78, 5) is 3.51. The summed E-state index contributed by atoms with van der Waals surface area (Å²) in [7, 11) is 4.14. The van der Waals surface area contributed by atoms with Gasteiger partial charge in [-0.15, -0.1) is 11.3 Å². The topological polar surface area (TPSA) is 3.24 Å². The highest BCUT2D eigenvalue weighted by Gasteiger charge is 2.00. The molecule has 0 amide bonds. The summed E-state index contributed by atoms with van der Waals surface area (Å²) in [5.74, 6) is 0. The van der Waals surface area contributed by atoms with Crippen molar-refractivity contribution >= 4 is 27.1 Å². The standard InChI is InChI=1S/C11H13NS/c1-8-6-9-7-10(12(2)3)4-5-11(9)13-8/h4-7H,1-3H3. The smallest absolute Gasteiger partial charge is 0.0368 e. The fourth-order valence-electron chi connectivity index (χ4n) is 1.44. The molecule has 1 aromatic heterocycles. The van der Waals surface area contributed by atoms with Gasteiger partial charge in [-0.3, -0.25) is 0 Å². The molecular weight excluding hydrogens is 178 g/mol. The first kappa shape index (κ1) is 8.57. The Balaban J connectivity index is 2.61. The molecule has 1 heterocycles. The Morgan fingerprint density at radius 2 is 1.92 bits per heavy atom. The Labute approximate surface area is 82.6 Å². The van der Waals surface area contributed by atoms with E-state index in [2.05, 4.69) is 50.2 Å². The van der Waals surface area contributed by atoms with Crippen LogP contribution in [0.1, 0.15) is 4.88 Å². The Bertz CT molecular complexity index is 429. The maximum atomic E-state index is 2.24. The van der Waals surface area contributed by atoms with Crippen molar-refractivity contribution < 1.29 is 0 Å². The summed E-state index contributed by atoms with van der Waals surface area (Å²) in [6.45, 7) is 2.15. The molecule has 0 aliphatic carbocycles. The first-order valence-corrected chi connectivity index (χ1v) is 5.16. The first-order valence-electron chi connectivity index (χ1n) is 4.34. The summed E-state index contributed by atoms with van der Waals surface area (Å²) >= 11 is 1.85. The summed E-state index contributed by atoms with van der Waals surface area (Å²) < 4.78 is 1.38. The largest absolute Gasteiger partial charge is 0.378 e. The van der Waals surface area contributed by atoms with E-state index >= 15 is 0 Å². The lowest BCUT2D eigenvalue weighted by Gasteiger charge is -2.11. The van der Waals surface area contributed by atoms with Crippen molar-refractivity contribution in [1.29, 1.82) is 0 Å². The number of thiophene rings is 1. The monoisotopic (exact) mass is 191 g/mol. The van der Waals surface area contributed by atoms with Crippen LogP contribution in [0.25, 0.3) is 10.1 Å². The number of hydrogen-bond donors (Lipinski definition) is 0. The molecule has 1 nitrogen and oxygen atoms in total. The average Bonchev–Trinajstić information content (AvgIpc) is 2.42. The highest BCUT2D eigenvalue weighted by Crippen LogP contribution is 2.28. The SMILES string of the molecule is Cc1cc2cc(N(C)C)ccc2s1. The number of anilines is 1. The van der Waals surface area contributed by atoms with Gasteiger partial charge in [-0.25, -0.2) is 0 Å². The zero-order valence-electron chi connectivity index (χ0n) is 8.16. The quantitative estimate of drug-likeness (QED) is 0.668. The normalized spacial score (nSPS) is 10.7. The molecule has 0 saturated carbocycles. The predicted octanol–water partition coefficient (Wildman–Crippen LogP) is 3.28. The van der Waals surface area contributed by atoms with Gasteiger partial charge < -0.3 is 4.90 Å². The number of aryl methyl sites for hydroxylation is 1. The van der Waals surface area contributed by atoms with E-state index in [-0.39, 0.29) is 0 Å². The van der Waals surface area contributed by atoms with Crippen molar-refractivity contribution in [2.75, 3.05) is 19.0 Å². The lowest BCUT2D eigenvalue weighted by atomic mass is 10.2. The molecule has 0 aliphatic rings. The lowest BCUT2D eigenvalue weighted by Crippen LogP contribution is -2.07. The highest BCUT2D eigenvalue weighted by molar-refractivity contribution is 7.19. The molecule has 2 rings (SSSR count). The predicted molar refractivity (Wildman–Crippen MR) is 60.9 cm³/mol. The Morgan fingerprint density at radius 1 is 1.15 bits per heavy atom. The third-order valence-corrected chi connectivity index (χ3v) is 3.17.